The van der Waals surface area contributed by atoms with E-state index in [9.17, 15) is 9.18 Å². The lowest BCUT2D eigenvalue weighted by Gasteiger charge is -2.02. The molecule has 8 heteroatoms. The number of carbonyl (C=O) groups excluding carboxylic acids is 1. The number of halogens is 2. The molecule has 0 radical (unpaired) electrons. The van der Waals surface area contributed by atoms with Crippen molar-refractivity contribution in [3.05, 3.63) is 46.5 Å². The number of hydrazone groups is 1. The molecule has 2 rings (SSSR count). The highest BCUT2D eigenvalue weighted by molar-refractivity contribution is 6.32. The largest absolute Gasteiger partial charge is 0.350 e. The molecule has 6 nitrogen and oxygen atoms in total. The minimum absolute atomic E-state index is 0.295. The molecule has 3 N–H and O–H groups in total. The Labute approximate surface area is 119 Å². The van der Waals surface area contributed by atoms with Crippen LogP contribution in [0.2, 0.25) is 5.15 Å². The Kier molecular flexibility index (Phi) is 3.99. The minimum atomic E-state index is -0.777. The maximum Gasteiger partial charge on any atom is 0.332 e. The minimum Gasteiger partial charge on any atom is -0.350 e. The van der Waals surface area contributed by atoms with Crippen molar-refractivity contribution in [2.75, 3.05) is 0 Å². The van der Waals surface area contributed by atoms with E-state index in [1.54, 1.807) is 19.1 Å². The number of benzene rings is 1. The van der Waals surface area contributed by atoms with E-state index in [-0.39, 0.29) is 5.82 Å². The summed E-state index contributed by atoms with van der Waals surface area (Å²) in [6, 6.07) is 4.95. The van der Waals surface area contributed by atoms with Gasteiger partial charge in [0.1, 0.15) is 11.0 Å². The van der Waals surface area contributed by atoms with Gasteiger partial charge in [0.15, 0.2) is 0 Å². The van der Waals surface area contributed by atoms with Crippen LogP contribution in [0, 0.1) is 12.7 Å². The molecule has 20 heavy (non-hydrogen) atoms. The molecule has 0 aliphatic rings. The Morgan fingerprint density at radius 2 is 2.15 bits per heavy atom. The van der Waals surface area contributed by atoms with Crippen molar-refractivity contribution in [2.45, 2.75) is 6.92 Å². The topological polar surface area (TPSA) is 85.3 Å². The Morgan fingerprint density at radius 1 is 1.50 bits per heavy atom. The summed E-state index contributed by atoms with van der Waals surface area (Å²) in [6.07, 6.45) is 1.34. The van der Waals surface area contributed by atoms with Crippen LogP contribution in [0.1, 0.15) is 11.3 Å². The monoisotopic (exact) mass is 295 g/mol. The zero-order chi connectivity index (χ0) is 14.7. The summed E-state index contributed by atoms with van der Waals surface area (Å²) in [7, 11) is 0. The molecule has 0 unspecified atom stereocenters. The number of urea groups is 1. The second-order valence-corrected chi connectivity index (χ2v) is 4.27. The zero-order valence-electron chi connectivity index (χ0n) is 10.5. The summed E-state index contributed by atoms with van der Waals surface area (Å²) in [4.78, 5) is 10.5. The predicted octanol–water partition coefficient (Wildman–Crippen LogP) is 1.98. The maximum absolute atomic E-state index is 12.9. The van der Waals surface area contributed by atoms with Gasteiger partial charge in [0.05, 0.1) is 23.2 Å². The Balaban J connectivity index is 2.35. The highest BCUT2D eigenvalue weighted by Crippen LogP contribution is 2.22. The summed E-state index contributed by atoms with van der Waals surface area (Å²) >= 11 is 6.19. The van der Waals surface area contributed by atoms with E-state index in [4.69, 9.17) is 17.3 Å². The number of nitrogens with one attached hydrogen (secondary N) is 1. The lowest BCUT2D eigenvalue weighted by Crippen LogP contribution is -2.24. The van der Waals surface area contributed by atoms with E-state index in [1.807, 2.05) is 0 Å². The number of carbonyl (C=O) groups is 1. The lowest BCUT2D eigenvalue weighted by molar-refractivity contribution is 0.249. The van der Waals surface area contributed by atoms with Gasteiger partial charge in [-0.1, -0.05) is 11.6 Å². The molecule has 0 bridgehead atoms. The first-order valence-corrected chi connectivity index (χ1v) is 5.96. The van der Waals surface area contributed by atoms with Gasteiger partial charge in [-0.3, -0.25) is 0 Å². The number of rotatable bonds is 3. The number of amides is 2. The molecule has 0 saturated carbocycles. The van der Waals surface area contributed by atoms with Gasteiger partial charge in [0, 0.05) is 0 Å². The molecule has 2 aromatic rings. The number of hydrogen-bond donors (Lipinski definition) is 2. The third-order valence-electron chi connectivity index (χ3n) is 2.49. The molecule has 0 atom stereocenters. The zero-order valence-corrected chi connectivity index (χ0v) is 11.2. The van der Waals surface area contributed by atoms with Crippen molar-refractivity contribution in [1.82, 2.24) is 15.2 Å². The predicted molar refractivity (Wildman–Crippen MR) is 73.6 cm³/mol. The summed E-state index contributed by atoms with van der Waals surface area (Å²) in [5, 5.41) is 8.17. The summed E-state index contributed by atoms with van der Waals surface area (Å²) in [5.41, 5.74) is 8.71. The SMILES string of the molecule is Cc1nn(-c2ccc(F)cc2)c(Cl)c1/C=N/NC(N)=O. The molecule has 0 aliphatic heterocycles. The van der Waals surface area contributed by atoms with Crippen LogP contribution >= 0.6 is 11.6 Å². The van der Waals surface area contributed by atoms with Gasteiger partial charge in [-0.05, 0) is 31.2 Å². The van der Waals surface area contributed by atoms with Gasteiger partial charge in [-0.15, -0.1) is 0 Å². The molecule has 1 heterocycles. The Morgan fingerprint density at radius 3 is 2.75 bits per heavy atom. The van der Waals surface area contributed by atoms with Crippen LogP contribution in [0.4, 0.5) is 9.18 Å². The first-order chi connectivity index (χ1) is 9.49. The molecule has 1 aromatic carbocycles. The summed E-state index contributed by atoms with van der Waals surface area (Å²) in [6.45, 7) is 1.73. The van der Waals surface area contributed by atoms with Crippen LogP contribution < -0.4 is 11.2 Å². The summed E-state index contributed by atoms with van der Waals surface area (Å²) < 4.78 is 14.3. The van der Waals surface area contributed by atoms with E-state index in [0.29, 0.717) is 22.1 Å². The van der Waals surface area contributed by atoms with Crippen molar-refractivity contribution < 1.29 is 9.18 Å². The van der Waals surface area contributed by atoms with Crippen LogP contribution in [-0.2, 0) is 0 Å². The van der Waals surface area contributed by atoms with Gasteiger partial charge >= 0.3 is 6.03 Å². The Hall–Kier alpha value is -2.41. The van der Waals surface area contributed by atoms with Gasteiger partial charge in [0.2, 0.25) is 0 Å². The normalized spacial score (nSPS) is 10.9. The third kappa shape index (κ3) is 2.94. The fourth-order valence-corrected chi connectivity index (χ4v) is 1.89. The van der Waals surface area contributed by atoms with Crippen molar-refractivity contribution in [3.8, 4) is 5.69 Å². The first-order valence-electron chi connectivity index (χ1n) is 5.58. The van der Waals surface area contributed by atoms with E-state index in [1.165, 1.54) is 23.0 Å². The molecule has 0 spiro atoms. The van der Waals surface area contributed by atoms with E-state index in [2.05, 4.69) is 15.6 Å². The van der Waals surface area contributed by atoms with Crippen LogP contribution in [0.3, 0.4) is 0 Å². The smallest absolute Gasteiger partial charge is 0.332 e. The number of nitrogens with zero attached hydrogens (tertiary/aromatic N) is 3. The van der Waals surface area contributed by atoms with Gasteiger partial charge < -0.3 is 5.73 Å². The first kappa shape index (κ1) is 14.0. The Bertz CT molecular complexity index is 665. The second kappa shape index (κ2) is 5.70. The molecule has 0 aliphatic carbocycles. The number of aromatic nitrogens is 2. The second-order valence-electron chi connectivity index (χ2n) is 3.91. The van der Waals surface area contributed by atoms with Gasteiger partial charge in [0.25, 0.3) is 0 Å². The van der Waals surface area contributed by atoms with Crippen molar-refractivity contribution in [1.29, 1.82) is 0 Å². The third-order valence-corrected chi connectivity index (χ3v) is 2.85. The highest BCUT2D eigenvalue weighted by atomic mass is 35.5. The van der Waals surface area contributed by atoms with Gasteiger partial charge in [-0.25, -0.2) is 19.3 Å². The number of primary amides is 1. The number of hydrogen-bond acceptors (Lipinski definition) is 3. The molecular weight excluding hydrogens is 285 g/mol. The van der Waals surface area contributed by atoms with E-state index in [0.717, 1.165) is 0 Å². The molecule has 0 fully saturated rings. The van der Waals surface area contributed by atoms with E-state index >= 15 is 0 Å². The average Bonchev–Trinajstić information content (AvgIpc) is 2.67. The van der Waals surface area contributed by atoms with Crippen LogP contribution in [0.25, 0.3) is 5.69 Å². The van der Waals surface area contributed by atoms with Crippen molar-refractivity contribution in [2.24, 2.45) is 10.8 Å². The maximum atomic E-state index is 12.9. The van der Waals surface area contributed by atoms with Crippen LogP contribution in [0.5, 0.6) is 0 Å². The fraction of sp³-hybridized carbons (Fsp3) is 0.0833. The number of nitrogens with two attached hydrogens (primary N) is 1. The van der Waals surface area contributed by atoms with Crippen LogP contribution in [0.15, 0.2) is 29.4 Å². The fourth-order valence-electron chi connectivity index (χ4n) is 1.57. The molecule has 2 amide bonds. The molecule has 104 valence electrons. The average molecular weight is 296 g/mol. The van der Waals surface area contributed by atoms with Crippen molar-refractivity contribution >= 4 is 23.8 Å². The van der Waals surface area contributed by atoms with Crippen molar-refractivity contribution in [3.63, 3.8) is 0 Å². The van der Waals surface area contributed by atoms with E-state index < -0.39 is 6.03 Å². The highest BCUT2D eigenvalue weighted by Gasteiger charge is 2.13. The lowest BCUT2D eigenvalue weighted by atomic mass is 10.3. The number of aryl methyl sites for hydroxylation is 1. The van der Waals surface area contributed by atoms with Gasteiger partial charge in [-0.2, -0.15) is 10.2 Å². The quantitative estimate of drug-likeness (QED) is 0.670. The molecule has 0 saturated heterocycles. The molecular formula is C12H11ClFN5O. The summed E-state index contributed by atoms with van der Waals surface area (Å²) in [5.74, 6) is -0.346. The standard InChI is InChI=1S/C12H11ClFN5O/c1-7-10(6-16-17-12(15)20)11(13)19(18-7)9-4-2-8(14)3-5-9/h2-6H,1H3,(H3,15,17,20)/b16-6+. The molecule has 1 aromatic heterocycles. The van der Waals surface area contributed by atoms with Crippen LogP contribution in [-0.4, -0.2) is 22.0 Å².